The summed E-state index contributed by atoms with van der Waals surface area (Å²) >= 11 is 0. The summed E-state index contributed by atoms with van der Waals surface area (Å²) < 4.78 is 6.97. The Kier molecular flexibility index (Phi) is 7.31. The molecule has 2 aliphatic rings. The molecule has 40 heavy (non-hydrogen) atoms. The van der Waals surface area contributed by atoms with Gasteiger partial charge in [-0.15, -0.1) is 6.58 Å². The van der Waals surface area contributed by atoms with E-state index in [4.69, 9.17) is 19.5 Å². The van der Waals surface area contributed by atoms with Crippen molar-refractivity contribution < 1.29 is 4.52 Å². The molecule has 210 valence electrons. The lowest BCUT2D eigenvalue weighted by Gasteiger charge is -2.32. The highest BCUT2D eigenvalue weighted by atomic mass is 16.5. The Labute approximate surface area is 232 Å². The van der Waals surface area contributed by atoms with Crippen LogP contribution in [0.2, 0.25) is 0 Å². The molecule has 1 unspecified atom stereocenters. The highest BCUT2D eigenvalue weighted by molar-refractivity contribution is 5.87. The van der Waals surface area contributed by atoms with Crippen LogP contribution in [0.3, 0.4) is 0 Å². The highest BCUT2D eigenvalue weighted by Gasteiger charge is 2.29. The Bertz CT molecular complexity index is 1520. The van der Waals surface area contributed by atoms with Gasteiger partial charge in [0.2, 0.25) is 17.6 Å². The van der Waals surface area contributed by atoms with Crippen LogP contribution in [0.1, 0.15) is 70.5 Å². The van der Waals surface area contributed by atoms with Crippen LogP contribution in [-0.2, 0) is 6.54 Å². The lowest BCUT2D eigenvalue weighted by atomic mass is 9.80. The number of imidazole rings is 1. The second kappa shape index (κ2) is 11.2. The van der Waals surface area contributed by atoms with Crippen LogP contribution in [0.4, 0.5) is 11.8 Å². The number of aromatic nitrogens is 8. The van der Waals surface area contributed by atoms with Gasteiger partial charge in [-0.25, -0.2) is 24.7 Å². The van der Waals surface area contributed by atoms with Crippen molar-refractivity contribution in [3.8, 4) is 11.6 Å². The first-order valence-electron chi connectivity index (χ1n) is 14.2. The van der Waals surface area contributed by atoms with Crippen LogP contribution in [0, 0.1) is 17.8 Å². The van der Waals surface area contributed by atoms with Gasteiger partial charge in [-0.2, -0.15) is 4.98 Å². The Balaban J connectivity index is 1.44. The summed E-state index contributed by atoms with van der Waals surface area (Å²) in [6, 6.07) is 2.01. The molecular formula is C28H36N10O2. The van der Waals surface area contributed by atoms with E-state index in [1.54, 1.807) is 12.5 Å². The van der Waals surface area contributed by atoms with Gasteiger partial charge in [0.25, 0.3) is 0 Å². The first kappa shape index (κ1) is 26.1. The van der Waals surface area contributed by atoms with Crippen LogP contribution in [0.5, 0.6) is 0 Å². The van der Waals surface area contributed by atoms with Crippen molar-refractivity contribution in [3.63, 3.8) is 0 Å². The van der Waals surface area contributed by atoms with Crippen molar-refractivity contribution in [2.45, 2.75) is 77.4 Å². The summed E-state index contributed by atoms with van der Waals surface area (Å²) in [7, 11) is 0. The van der Waals surface area contributed by atoms with Crippen LogP contribution < -0.4 is 16.4 Å². The van der Waals surface area contributed by atoms with E-state index in [9.17, 15) is 4.79 Å². The van der Waals surface area contributed by atoms with E-state index in [0.717, 1.165) is 43.4 Å². The van der Waals surface area contributed by atoms with Gasteiger partial charge < -0.3 is 15.2 Å². The van der Waals surface area contributed by atoms with Gasteiger partial charge in [-0.1, -0.05) is 17.7 Å². The molecule has 0 aliphatic heterocycles. The van der Waals surface area contributed by atoms with Gasteiger partial charge >= 0.3 is 5.76 Å². The van der Waals surface area contributed by atoms with Gasteiger partial charge in [0, 0.05) is 18.8 Å². The summed E-state index contributed by atoms with van der Waals surface area (Å²) in [5.74, 6) is 2.82. The molecule has 0 aromatic carbocycles. The lowest BCUT2D eigenvalue weighted by molar-refractivity contribution is 0.283. The number of anilines is 2. The summed E-state index contributed by atoms with van der Waals surface area (Å²) in [5, 5.41) is 11.1. The first-order chi connectivity index (χ1) is 19.5. The molecule has 2 aliphatic carbocycles. The smallest absolute Gasteiger partial charge is 0.365 e. The SMILES string of the molecule is C=CC1CCC(Cn2c(NC(C)c3ccncn3)nc3nc(-c4noc(=O)[nH]4)nc(N[C@H](C)C4CCC4)c32)CC1. The predicted molar refractivity (Wildman–Crippen MR) is 152 cm³/mol. The minimum absolute atomic E-state index is 0.111. The molecule has 4 aromatic rings. The molecule has 3 N–H and O–H groups in total. The normalized spacial score (nSPS) is 21.1. The van der Waals surface area contributed by atoms with E-state index in [-0.39, 0.29) is 23.7 Å². The molecule has 0 amide bonds. The van der Waals surface area contributed by atoms with Crippen molar-refractivity contribution >= 4 is 22.9 Å². The van der Waals surface area contributed by atoms with E-state index >= 15 is 0 Å². The molecule has 0 radical (unpaired) electrons. The maximum absolute atomic E-state index is 11.7. The Hall–Kier alpha value is -4.09. The molecule has 0 saturated heterocycles. The maximum Gasteiger partial charge on any atom is 0.439 e. The van der Waals surface area contributed by atoms with Gasteiger partial charge in [0.1, 0.15) is 11.8 Å². The van der Waals surface area contributed by atoms with Gasteiger partial charge in [0.05, 0.1) is 11.7 Å². The molecule has 0 spiro atoms. The minimum atomic E-state index is -0.655. The maximum atomic E-state index is 11.7. The minimum Gasteiger partial charge on any atom is -0.365 e. The molecule has 12 nitrogen and oxygen atoms in total. The van der Waals surface area contributed by atoms with Crippen molar-refractivity contribution in [1.29, 1.82) is 0 Å². The summed E-state index contributed by atoms with van der Waals surface area (Å²) in [5.41, 5.74) is 2.22. The second-order valence-electron chi connectivity index (χ2n) is 11.2. The van der Waals surface area contributed by atoms with Crippen molar-refractivity contribution in [3.05, 3.63) is 47.5 Å². The average molecular weight is 545 g/mol. The highest BCUT2D eigenvalue weighted by Crippen LogP contribution is 2.36. The third-order valence-electron chi connectivity index (χ3n) is 8.54. The molecular weight excluding hydrogens is 508 g/mol. The van der Waals surface area contributed by atoms with E-state index in [1.807, 2.05) is 6.07 Å². The zero-order valence-electron chi connectivity index (χ0n) is 23.0. The molecule has 4 heterocycles. The number of nitrogens with zero attached hydrogens (tertiary/aromatic N) is 7. The van der Waals surface area contributed by atoms with Crippen LogP contribution in [0.15, 0.2) is 40.6 Å². The number of H-pyrrole nitrogens is 1. The Morgan fingerprint density at radius 1 is 1.15 bits per heavy atom. The zero-order chi connectivity index (χ0) is 27.6. The largest absolute Gasteiger partial charge is 0.439 e. The number of hydrogen-bond donors (Lipinski definition) is 3. The van der Waals surface area contributed by atoms with Crippen LogP contribution in [-0.4, -0.2) is 45.7 Å². The number of allylic oxidation sites excluding steroid dienone is 1. The molecule has 2 saturated carbocycles. The van der Waals surface area contributed by atoms with Gasteiger partial charge in [-0.05, 0) is 76.2 Å². The van der Waals surface area contributed by atoms with Crippen LogP contribution in [0.25, 0.3) is 22.8 Å². The summed E-state index contributed by atoms with van der Waals surface area (Å²) in [6.07, 6.45) is 13.6. The van der Waals surface area contributed by atoms with E-state index < -0.39 is 5.76 Å². The number of nitrogens with one attached hydrogen (secondary N) is 3. The lowest BCUT2D eigenvalue weighted by Crippen LogP contribution is -2.31. The van der Waals surface area contributed by atoms with E-state index in [1.165, 1.54) is 19.3 Å². The Morgan fingerprint density at radius 3 is 2.62 bits per heavy atom. The fourth-order valence-electron chi connectivity index (χ4n) is 5.82. The molecule has 12 heteroatoms. The predicted octanol–water partition coefficient (Wildman–Crippen LogP) is 4.73. The number of hydrogen-bond acceptors (Lipinski definition) is 10. The van der Waals surface area contributed by atoms with Crippen molar-refractivity contribution in [2.75, 3.05) is 10.6 Å². The monoisotopic (exact) mass is 544 g/mol. The van der Waals surface area contributed by atoms with Gasteiger partial charge in [0.15, 0.2) is 11.5 Å². The number of aromatic amines is 1. The zero-order valence-corrected chi connectivity index (χ0v) is 23.0. The molecule has 0 bridgehead atoms. The fraction of sp³-hybridized carbons (Fsp3) is 0.536. The molecule has 6 rings (SSSR count). The van der Waals surface area contributed by atoms with E-state index in [2.05, 4.69) is 61.8 Å². The third kappa shape index (κ3) is 5.34. The first-order valence-corrected chi connectivity index (χ1v) is 14.2. The summed E-state index contributed by atoms with van der Waals surface area (Å²) in [6.45, 7) is 9.04. The summed E-state index contributed by atoms with van der Waals surface area (Å²) in [4.78, 5) is 37.3. The molecule has 2 atom stereocenters. The average Bonchev–Trinajstić information content (AvgIpc) is 3.52. The number of rotatable bonds is 10. The van der Waals surface area contributed by atoms with E-state index in [0.29, 0.717) is 35.2 Å². The van der Waals surface area contributed by atoms with Crippen molar-refractivity contribution in [1.82, 2.24) is 39.6 Å². The fourth-order valence-corrected chi connectivity index (χ4v) is 5.82. The number of fused-ring (bicyclic) bond motifs is 1. The Morgan fingerprint density at radius 2 is 1.98 bits per heavy atom. The topological polar surface area (TPSA) is 152 Å². The molecule has 2 fully saturated rings. The quantitative estimate of drug-likeness (QED) is 0.239. The van der Waals surface area contributed by atoms with Crippen LogP contribution >= 0.6 is 0 Å². The molecule has 4 aromatic heterocycles. The third-order valence-corrected chi connectivity index (χ3v) is 8.54. The van der Waals surface area contributed by atoms with Gasteiger partial charge in [-0.3, -0.25) is 9.51 Å². The van der Waals surface area contributed by atoms with Crippen molar-refractivity contribution in [2.24, 2.45) is 17.8 Å². The second-order valence-corrected chi connectivity index (χ2v) is 11.2. The standard InChI is InChI=1S/C28H36N10O2/c1-4-18-8-10-19(11-9-18)14-38-22-23(31-16(2)20-6-5-7-20)33-25(26-36-28(39)40-37-26)34-24(22)35-27(38)32-17(3)21-12-13-29-15-30-21/h4,12-13,15-20H,1,5-11,14H2,2-3H3,(H,36,37,39)(H2,31,32,33,34,35)/t16-,17?,18?,19?/m1/s1.